The van der Waals surface area contributed by atoms with E-state index in [2.05, 4.69) is 5.32 Å². The van der Waals surface area contributed by atoms with Crippen molar-refractivity contribution < 1.29 is 18.0 Å². The molecule has 7 nitrogen and oxygen atoms in total. The third-order valence-corrected chi connectivity index (χ3v) is 5.28. The van der Waals surface area contributed by atoms with Gasteiger partial charge in [0.05, 0.1) is 10.8 Å². The molecule has 0 radical (unpaired) electrons. The fraction of sp³-hybridized carbons (Fsp3) is 0.222. The summed E-state index contributed by atoms with van der Waals surface area (Å²) in [6, 6.07) is 13.1. The summed E-state index contributed by atoms with van der Waals surface area (Å²) in [5.74, 6) is -0.846. The van der Waals surface area contributed by atoms with Gasteiger partial charge in [-0.2, -0.15) is 0 Å². The second-order valence-corrected chi connectivity index (χ2v) is 7.81. The van der Waals surface area contributed by atoms with Crippen LogP contribution in [0.3, 0.4) is 0 Å². The zero-order valence-electron chi connectivity index (χ0n) is 14.2. The first kappa shape index (κ1) is 18.1. The van der Waals surface area contributed by atoms with E-state index in [0.717, 1.165) is 11.3 Å². The molecule has 1 atom stereocenters. The molecule has 2 aromatic carbocycles. The molecular weight excluding hydrogens is 354 g/mol. The zero-order chi connectivity index (χ0) is 18.9. The Bertz CT molecular complexity index is 955. The van der Waals surface area contributed by atoms with E-state index >= 15 is 0 Å². The Hall–Kier alpha value is -2.71. The van der Waals surface area contributed by atoms with E-state index in [9.17, 15) is 18.0 Å². The number of benzene rings is 2. The molecule has 0 aromatic heterocycles. The average molecular weight is 373 g/mol. The lowest BCUT2D eigenvalue weighted by Crippen LogP contribution is -2.28. The highest BCUT2D eigenvalue weighted by molar-refractivity contribution is 7.89. The van der Waals surface area contributed by atoms with Gasteiger partial charge in [0.15, 0.2) is 0 Å². The van der Waals surface area contributed by atoms with Gasteiger partial charge in [0.2, 0.25) is 21.8 Å². The number of nitrogens with two attached hydrogens (primary N) is 1. The molecule has 1 heterocycles. The summed E-state index contributed by atoms with van der Waals surface area (Å²) in [6.07, 6.45) is 0.134. The summed E-state index contributed by atoms with van der Waals surface area (Å²) in [7, 11) is -3.78. The van der Waals surface area contributed by atoms with Gasteiger partial charge < -0.3 is 10.2 Å². The Balaban J connectivity index is 1.70. The lowest BCUT2D eigenvalue weighted by molar-refractivity contribution is -0.122. The van der Waals surface area contributed by atoms with Crippen molar-refractivity contribution in [3.8, 4) is 0 Å². The maximum atomic E-state index is 12.5. The summed E-state index contributed by atoms with van der Waals surface area (Å²) < 4.78 is 22.5. The SMILES string of the molecule is Cc1ccccc1N1C[C@@H](C(=O)Nc2ccc(S(N)(=O)=O)cc2)CC1=O. The van der Waals surface area contributed by atoms with Crippen LogP contribution >= 0.6 is 0 Å². The van der Waals surface area contributed by atoms with Crippen LogP contribution in [0.2, 0.25) is 0 Å². The molecule has 1 aliphatic heterocycles. The van der Waals surface area contributed by atoms with E-state index in [4.69, 9.17) is 5.14 Å². The number of nitrogens with zero attached hydrogens (tertiary/aromatic N) is 1. The van der Waals surface area contributed by atoms with Gasteiger partial charge in [-0.05, 0) is 42.8 Å². The van der Waals surface area contributed by atoms with Gasteiger partial charge in [-0.25, -0.2) is 13.6 Å². The Kier molecular flexibility index (Phi) is 4.80. The second-order valence-electron chi connectivity index (χ2n) is 6.25. The standard InChI is InChI=1S/C18H19N3O4S/c1-12-4-2-3-5-16(12)21-11-13(10-17(21)22)18(23)20-14-6-8-15(9-7-14)26(19,24)25/h2-9,13H,10-11H2,1H3,(H,20,23)(H2,19,24,25)/t13-/m0/s1. The number of carbonyl (C=O) groups is 2. The van der Waals surface area contributed by atoms with Crippen LogP contribution in [-0.4, -0.2) is 26.8 Å². The normalized spacial score (nSPS) is 17.4. The average Bonchev–Trinajstić information content (AvgIpc) is 2.97. The molecule has 3 rings (SSSR count). The number of hydrogen-bond acceptors (Lipinski definition) is 4. The third kappa shape index (κ3) is 3.76. The van der Waals surface area contributed by atoms with Gasteiger partial charge >= 0.3 is 0 Å². The summed E-state index contributed by atoms with van der Waals surface area (Å²) in [5, 5.41) is 7.76. The molecule has 1 saturated heterocycles. The minimum Gasteiger partial charge on any atom is -0.326 e. The first-order valence-corrected chi connectivity index (χ1v) is 9.60. The van der Waals surface area contributed by atoms with Gasteiger partial charge in [0.1, 0.15) is 0 Å². The minimum atomic E-state index is -3.78. The van der Waals surface area contributed by atoms with Crippen molar-refractivity contribution in [2.24, 2.45) is 11.1 Å². The van der Waals surface area contributed by atoms with Gasteiger partial charge in [-0.1, -0.05) is 18.2 Å². The number of nitrogens with one attached hydrogen (secondary N) is 1. The Morgan fingerprint density at radius 2 is 1.81 bits per heavy atom. The molecule has 26 heavy (non-hydrogen) atoms. The van der Waals surface area contributed by atoms with E-state index in [1.165, 1.54) is 24.3 Å². The van der Waals surface area contributed by atoms with Crippen LogP contribution in [0.5, 0.6) is 0 Å². The molecular formula is C18H19N3O4S. The number of anilines is 2. The summed E-state index contributed by atoms with van der Waals surface area (Å²) >= 11 is 0. The van der Waals surface area contributed by atoms with Gasteiger partial charge in [-0.15, -0.1) is 0 Å². The molecule has 1 aliphatic rings. The molecule has 2 amide bonds. The highest BCUT2D eigenvalue weighted by Crippen LogP contribution is 2.28. The minimum absolute atomic E-state index is 0.0303. The van der Waals surface area contributed by atoms with E-state index in [1.54, 1.807) is 4.90 Å². The summed E-state index contributed by atoms with van der Waals surface area (Å²) in [5.41, 5.74) is 2.23. The van der Waals surface area contributed by atoms with Crippen molar-refractivity contribution in [1.29, 1.82) is 0 Å². The Morgan fingerprint density at radius 1 is 1.15 bits per heavy atom. The zero-order valence-corrected chi connectivity index (χ0v) is 15.0. The number of carbonyl (C=O) groups excluding carboxylic acids is 2. The molecule has 0 saturated carbocycles. The van der Waals surface area contributed by atoms with E-state index in [1.807, 2.05) is 31.2 Å². The topological polar surface area (TPSA) is 110 Å². The molecule has 3 N–H and O–H groups in total. The predicted molar refractivity (Wildman–Crippen MR) is 98.1 cm³/mol. The van der Waals surface area contributed by atoms with Gasteiger partial charge in [0.25, 0.3) is 0 Å². The molecule has 136 valence electrons. The largest absolute Gasteiger partial charge is 0.326 e. The fourth-order valence-corrected chi connectivity index (χ4v) is 3.47. The first-order chi connectivity index (χ1) is 12.3. The molecule has 0 spiro atoms. The molecule has 2 aromatic rings. The molecule has 0 bridgehead atoms. The molecule has 8 heteroatoms. The quantitative estimate of drug-likeness (QED) is 0.849. The Morgan fingerprint density at radius 3 is 2.42 bits per heavy atom. The molecule has 0 unspecified atom stereocenters. The number of aryl methyl sites for hydroxylation is 1. The van der Waals surface area contributed by atoms with Crippen LogP contribution in [0.4, 0.5) is 11.4 Å². The van der Waals surface area contributed by atoms with Crippen LogP contribution in [0, 0.1) is 12.8 Å². The van der Waals surface area contributed by atoms with E-state index < -0.39 is 15.9 Å². The van der Waals surface area contributed by atoms with Crippen LogP contribution in [0.15, 0.2) is 53.4 Å². The first-order valence-electron chi connectivity index (χ1n) is 8.05. The van der Waals surface area contributed by atoms with Crippen molar-refractivity contribution in [2.45, 2.75) is 18.2 Å². The predicted octanol–water partition coefficient (Wildman–Crippen LogP) is 1.63. The smallest absolute Gasteiger partial charge is 0.238 e. The number of rotatable bonds is 4. The van der Waals surface area contributed by atoms with Crippen molar-refractivity contribution in [1.82, 2.24) is 0 Å². The maximum absolute atomic E-state index is 12.5. The summed E-state index contributed by atoms with van der Waals surface area (Å²) in [4.78, 5) is 26.4. The second kappa shape index (κ2) is 6.89. The monoisotopic (exact) mass is 373 g/mol. The lowest BCUT2D eigenvalue weighted by atomic mass is 10.1. The summed E-state index contributed by atoms with van der Waals surface area (Å²) in [6.45, 7) is 2.23. The van der Waals surface area contributed by atoms with Crippen molar-refractivity contribution in [3.63, 3.8) is 0 Å². The van der Waals surface area contributed by atoms with Crippen LogP contribution in [0.1, 0.15) is 12.0 Å². The van der Waals surface area contributed by atoms with Crippen LogP contribution in [-0.2, 0) is 19.6 Å². The van der Waals surface area contributed by atoms with E-state index in [0.29, 0.717) is 12.2 Å². The van der Waals surface area contributed by atoms with Gasteiger partial charge in [0, 0.05) is 24.3 Å². The molecule has 0 aliphatic carbocycles. The van der Waals surface area contributed by atoms with Crippen molar-refractivity contribution in [3.05, 3.63) is 54.1 Å². The van der Waals surface area contributed by atoms with E-state index in [-0.39, 0.29) is 23.1 Å². The lowest BCUT2D eigenvalue weighted by Gasteiger charge is -2.19. The highest BCUT2D eigenvalue weighted by Gasteiger charge is 2.35. The third-order valence-electron chi connectivity index (χ3n) is 4.35. The number of primary sulfonamides is 1. The van der Waals surface area contributed by atoms with Crippen LogP contribution in [0.25, 0.3) is 0 Å². The maximum Gasteiger partial charge on any atom is 0.238 e. The van der Waals surface area contributed by atoms with Crippen LogP contribution < -0.4 is 15.4 Å². The number of sulfonamides is 1. The number of hydrogen-bond donors (Lipinski definition) is 2. The fourth-order valence-electron chi connectivity index (χ4n) is 2.95. The number of amides is 2. The van der Waals surface area contributed by atoms with Crippen molar-refractivity contribution in [2.75, 3.05) is 16.8 Å². The Labute approximate surface area is 151 Å². The number of para-hydroxylation sites is 1. The van der Waals surface area contributed by atoms with Gasteiger partial charge in [-0.3, -0.25) is 9.59 Å². The van der Waals surface area contributed by atoms with Crippen molar-refractivity contribution >= 4 is 33.2 Å². The highest BCUT2D eigenvalue weighted by atomic mass is 32.2. The molecule has 1 fully saturated rings.